The molecule has 1 amide bonds. The molecule has 0 saturated carbocycles. The number of nitrogen functional groups attached to an aromatic ring is 1. The van der Waals surface area contributed by atoms with Crippen LogP contribution in [0.5, 0.6) is 5.75 Å². The van der Waals surface area contributed by atoms with Crippen molar-refractivity contribution in [3.8, 4) is 5.75 Å². The summed E-state index contributed by atoms with van der Waals surface area (Å²) in [7, 11) is 0. The first kappa shape index (κ1) is 15.6. The van der Waals surface area contributed by atoms with Gasteiger partial charge in [0, 0.05) is 24.3 Å². The molecule has 0 fully saturated rings. The van der Waals surface area contributed by atoms with E-state index in [0.29, 0.717) is 24.3 Å². The van der Waals surface area contributed by atoms with Crippen molar-refractivity contribution in [3.63, 3.8) is 0 Å². The van der Waals surface area contributed by atoms with Crippen LogP contribution >= 0.6 is 22.6 Å². The molecule has 0 atom stereocenters. The Labute approximate surface area is 137 Å². The molecular weight excluding hydrogens is 379 g/mol. The number of aromatic hydroxyl groups is 1. The average Bonchev–Trinajstić information content (AvgIpc) is 2.49. The van der Waals surface area contributed by atoms with Gasteiger partial charge in [0.25, 0.3) is 5.91 Å². The van der Waals surface area contributed by atoms with Crippen LogP contribution in [-0.4, -0.2) is 22.5 Å². The Morgan fingerprint density at radius 1 is 1.24 bits per heavy atom. The Morgan fingerprint density at radius 3 is 2.48 bits per heavy atom. The monoisotopic (exact) mass is 396 g/mol. The molecule has 21 heavy (non-hydrogen) atoms. The topological polar surface area (TPSA) is 66.6 Å². The van der Waals surface area contributed by atoms with Crippen LogP contribution in [0.1, 0.15) is 22.8 Å². The van der Waals surface area contributed by atoms with E-state index in [-0.39, 0.29) is 11.7 Å². The molecule has 0 saturated heterocycles. The van der Waals surface area contributed by atoms with E-state index in [1.54, 1.807) is 17.0 Å². The smallest absolute Gasteiger partial charge is 0.254 e. The molecule has 5 heteroatoms. The van der Waals surface area contributed by atoms with Crippen LogP contribution in [-0.2, 0) is 6.54 Å². The van der Waals surface area contributed by atoms with Crippen LogP contribution in [0.25, 0.3) is 0 Å². The van der Waals surface area contributed by atoms with Crippen molar-refractivity contribution in [3.05, 3.63) is 57.2 Å². The Hall–Kier alpha value is -1.76. The predicted octanol–water partition coefficient (Wildman–Crippen LogP) is 3.24. The maximum atomic E-state index is 12.5. The number of hydrogen-bond donors (Lipinski definition) is 2. The minimum absolute atomic E-state index is 0.0963. The molecule has 0 aliphatic carbocycles. The van der Waals surface area contributed by atoms with Gasteiger partial charge in [-0.3, -0.25) is 4.79 Å². The molecule has 3 N–H and O–H groups in total. The van der Waals surface area contributed by atoms with E-state index in [1.807, 2.05) is 53.8 Å². The highest BCUT2D eigenvalue weighted by molar-refractivity contribution is 14.1. The fourth-order valence-electron chi connectivity index (χ4n) is 2.00. The van der Waals surface area contributed by atoms with Gasteiger partial charge in [0.1, 0.15) is 5.75 Å². The van der Waals surface area contributed by atoms with Crippen LogP contribution < -0.4 is 5.73 Å². The number of phenolic OH excluding ortho intramolecular Hbond substituents is 1. The van der Waals surface area contributed by atoms with Crippen molar-refractivity contribution in [2.24, 2.45) is 0 Å². The maximum absolute atomic E-state index is 12.5. The third-order valence-electron chi connectivity index (χ3n) is 3.22. The van der Waals surface area contributed by atoms with Gasteiger partial charge in [0.2, 0.25) is 0 Å². The number of nitrogens with zero attached hydrogens (tertiary/aromatic N) is 1. The fourth-order valence-corrected chi connectivity index (χ4v) is 2.33. The molecule has 2 aromatic rings. The van der Waals surface area contributed by atoms with Gasteiger partial charge in [-0.05, 0) is 65.4 Å². The van der Waals surface area contributed by atoms with E-state index in [0.717, 1.165) is 9.13 Å². The number of phenols is 1. The first-order valence-electron chi connectivity index (χ1n) is 6.63. The second kappa shape index (κ2) is 6.80. The van der Waals surface area contributed by atoms with Crippen LogP contribution in [0, 0.1) is 3.57 Å². The van der Waals surface area contributed by atoms with Crippen molar-refractivity contribution in [2.45, 2.75) is 13.5 Å². The molecule has 0 aliphatic heterocycles. The Kier molecular flexibility index (Phi) is 5.06. The number of anilines is 1. The van der Waals surface area contributed by atoms with Crippen LogP contribution in [0.4, 0.5) is 5.69 Å². The summed E-state index contributed by atoms with van der Waals surface area (Å²) in [6.07, 6.45) is 0. The quantitative estimate of drug-likeness (QED) is 0.616. The van der Waals surface area contributed by atoms with Gasteiger partial charge in [-0.2, -0.15) is 0 Å². The Morgan fingerprint density at radius 2 is 1.90 bits per heavy atom. The normalized spacial score (nSPS) is 10.4. The maximum Gasteiger partial charge on any atom is 0.254 e. The second-order valence-electron chi connectivity index (χ2n) is 4.73. The molecular formula is C16H17IN2O2. The third kappa shape index (κ3) is 3.87. The summed E-state index contributed by atoms with van der Waals surface area (Å²) in [5, 5.41) is 9.73. The number of benzene rings is 2. The Balaban J connectivity index is 2.18. The number of hydrogen-bond acceptors (Lipinski definition) is 3. The molecule has 0 unspecified atom stereocenters. The first-order chi connectivity index (χ1) is 10.0. The van der Waals surface area contributed by atoms with Gasteiger partial charge < -0.3 is 15.7 Å². The molecule has 110 valence electrons. The van der Waals surface area contributed by atoms with E-state index in [1.165, 1.54) is 6.07 Å². The minimum Gasteiger partial charge on any atom is -0.507 e. The van der Waals surface area contributed by atoms with Crippen LogP contribution in [0.3, 0.4) is 0 Å². The molecule has 2 aromatic carbocycles. The van der Waals surface area contributed by atoms with Gasteiger partial charge in [-0.25, -0.2) is 0 Å². The molecule has 0 bridgehead atoms. The van der Waals surface area contributed by atoms with Gasteiger partial charge in [-0.15, -0.1) is 0 Å². The molecule has 0 heterocycles. The van der Waals surface area contributed by atoms with E-state index in [4.69, 9.17) is 5.73 Å². The van der Waals surface area contributed by atoms with E-state index in [2.05, 4.69) is 0 Å². The zero-order valence-corrected chi connectivity index (χ0v) is 13.9. The van der Waals surface area contributed by atoms with Crippen molar-refractivity contribution in [1.29, 1.82) is 0 Å². The summed E-state index contributed by atoms with van der Waals surface area (Å²) in [5.74, 6) is 0.0333. The number of nitrogens with two attached hydrogens (primary N) is 1. The summed E-state index contributed by atoms with van der Waals surface area (Å²) in [6.45, 7) is 3.04. The van der Waals surface area contributed by atoms with Crippen LogP contribution in [0.15, 0.2) is 42.5 Å². The highest BCUT2D eigenvalue weighted by Gasteiger charge is 2.15. The number of amides is 1. The molecule has 0 aromatic heterocycles. The summed E-state index contributed by atoms with van der Waals surface area (Å²) in [5.41, 5.74) is 7.88. The molecule has 0 spiro atoms. The van der Waals surface area contributed by atoms with Gasteiger partial charge in [-0.1, -0.05) is 12.1 Å². The third-order valence-corrected chi connectivity index (χ3v) is 4.13. The number of carbonyl (C=O) groups is 1. The lowest BCUT2D eigenvalue weighted by Crippen LogP contribution is -2.30. The molecule has 2 rings (SSSR count). The number of rotatable bonds is 4. The highest BCUT2D eigenvalue weighted by atomic mass is 127. The first-order valence-corrected chi connectivity index (χ1v) is 7.71. The van der Waals surface area contributed by atoms with E-state index in [9.17, 15) is 9.90 Å². The zero-order valence-electron chi connectivity index (χ0n) is 11.7. The summed E-state index contributed by atoms with van der Waals surface area (Å²) in [6, 6.07) is 12.5. The largest absolute Gasteiger partial charge is 0.507 e. The van der Waals surface area contributed by atoms with E-state index >= 15 is 0 Å². The lowest BCUT2D eigenvalue weighted by Gasteiger charge is -2.21. The van der Waals surface area contributed by atoms with E-state index < -0.39 is 0 Å². The summed E-state index contributed by atoms with van der Waals surface area (Å²) >= 11 is 2.03. The minimum atomic E-state index is -0.0963. The predicted molar refractivity (Wildman–Crippen MR) is 92.1 cm³/mol. The van der Waals surface area contributed by atoms with Crippen LogP contribution in [0.2, 0.25) is 0 Å². The van der Waals surface area contributed by atoms with Gasteiger partial charge in [0.05, 0.1) is 3.57 Å². The van der Waals surface area contributed by atoms with Crippen molar-refractivity contribution in [1.82, 2.24) is 4.90 Å². The second-order valence-corrected chi connectivity index (χ2v) is 5.89. The fraction of sp³-hybridized carbons (Fsp3) is 0.188. The van der Waals surface area contributed by atoms with Crippen molar-refractivity contribution < 1.29 is 9.90 Å². The SMILES string of the molecule is CCN(Cc1ccc(N)cc1)C(=O)c1ccc(I)c(O)c1. The standard InChI is InChI=1S/C16H17IN2O2/c1-2-19(10-11-3-6-13(18)7-4-11)16(21)12-5-8-14(17)15(20)9-12/h3-9,20H,2,10,18H2,1H3. The lowest BCUT2D eigenvalue weighted by molar-refractivity contribution is 0.0752. The van der Waals surface area contributed by atoms with Gasteiger partial charge in [0.15, 0.2) is 0 Å². The summed E-state index contributed by atoms with van der Waals surface area (Å²) < 4.78 is 0.728. The summed E-state index contributed by atoms with van der Waals surface area (Å²) in [4.78, 5) is 14.2. The highest BCUT2D eigenvalue weighted by Crippen LogP contribution is 2.22. The van der Waals surface area contributed by atoms with Crippen molar-refractivity contribution in [2.75, 3.05) is 12.3 Å². The van der Waals surface area contributed by atoms with Crippen molar-refractivity contribution >= 4 is 34.2 Å². The Bertz CT molecular complexity index is 641. The number of halogens is 1. The average molecular weight is 396 g/mol. The number of carbonyl (C=O) groups excluding carboxylic acids is 1. The van der Waals surface area contributed by atoms with Gasteiger partial charge >= 0.3 is 0 Å². The molecule has 0 radical (unpaired) electrons. The molecule has 0 aliphatic rings. The lowest BCUT2D eigenvalue weighted by atomic mass is 10.1. The zero-order chi connectivity index (χ0) is 15.4. The molecule has 4 nitrogen and oxygen atoms in total.